The number of fused-ring (bicyclic) bond motifs is 1. The van der Waals surface area contributed by atoms with Gasteiger partial charge in [0, 0.05) is 31.7 Å². The number of rotatable bonds is 4. The van der Waals surface area contributed by atoms with E-state index in [1.807, 2.05) is 31.3 Å². The number of nitrogens with zero attached hydrogens (tertiary/aromatic N) is 6. The summed E-state index contributed by atoms with van der Waals surface area (Å²) in [5, 5.41) is 11.1. The summed E-state index contributed by atoms with van der Waals surface area (Å²) in [5.74, 6) is 0.0190. The Kier molecular flexibility index (Phi) is 4.68. The molecule has 4 rings (SSSR count). The second-order valence-electron chi connectivity index (χ2n) is 7.03. The lowest BCUT2D eigenvalue weighted by atomic mass is 9.94. The molecule has 0 radical (unpaired) electrons. The lowest BCUT2D eigenvalue weighted by Crippen LogP contribution is -2.46. The Morgan fingerprint density at radius 1 is 1.15 bits per heavy atom. The molecule has 27 heavy (non-hydrogen) atoms. The molecule has 1 unspecified atom stereocenters. The maximum atomic E-state index is 12.8. The second kappa shape index (κ2) is 7.28. The lowest BCUT2D eigenvalue weighted by Gasteiger charge is -2.36. The van der Waals surface area contributed by atoms with Crippen molar-refractivity contribution in [2.24, 2.45) is 0 Å². The molecular formula is C20H22N6O. The molecule has 0 fully saturated rings. The van der Waals surface area contributed by atoms with E-state index in [-0.39, 0.29) is 5.91 Å². The third kappa shape index (κ3) is 3.59. The largest absolute Gasteiger partial charge is 0.340 e. The van der Waals surface area contributed by atoms with E-state index in [2.05, 4.69) is 51.7 Å². The number of tetrazole rings is 1. The van der Waals surface area contributed by atoms with Crippen molar-refractivity contribution in [1.82, 2.24) is 30.0 Å². The highest BCUT2D eigenvalue weighted by Gasteiger charge is 2.25. The van der Waals surface area contributed by atoms with Crippen LogP contribution in [0.25, 0.3) is 5.69 Å². The molecular weight excluding hydrogens is 340 g/mol. The molecule has 0 aliphatic carbocycles. The normalized spacial score (nSPS) is 16.7. The van der Waals surface area contributed by atoms with Gasteiger partial charge in [-0.1, -0.05) is 24.3 Å². The SMILES string of the molecule is CN(CC1Cc2ccccc2CN1C)C(=O)c1ccc(-n2cnnn2)cc1. The fraction of sp³-hybridized carbons (Fsp3) is 0.300. The third-order valence-corrected chi connectivity index (χ3v) is 5.18. The van der Waals surface area contributed by atoms with Crippen LogP contribution in [0.5, 0.6) is 0 Å². The molecule has 1 aromatic heterocycles. The monoisotopic (exact) mass is 362 g/mol. The molecule has 0 N–H and O–H groups in total. The van der Waals surface area contributed by atoms with Crippen LogP contribution in [-0.4, -0.2) is 62.6 Å². The van der Waals surface area contributed by atoms with Gasteiger partial charge in [-0.2, -0.15) is 0 Å². The average Bonchev–Trinajstić information content (AvgIpc) is 3.23. The van der Waals surface area contributed by atoms with Crippen LogP contribution in [0, 0.1) is 0 Å². The zero-order chi connectivity index (χ0) is 18.8. The molecule has 1 aliphatic rings. The first kappa shape index (κ1) is 17.4. The summed E-state index contributed by atoms with van der Waals surface area (Å²) >= 11 is 0. The van der Waals surface area contributed by atoms with E-state index >= 15 is 0 Å². The van der Waals surface area contributed by atoms with E-state index in [1.165, 1.54) is 17.5 Å². The predicted molar refractivity (Wildman–Crippen MR) is 102 cm³/mol. The minimum absolute atomic E-state index is 0.0190. The highest BCUT2D eigenvalue weighted by Crippen LogP contribution is 2.22. The molecule has 2 heterocycles. The van der Waals surface area contributed by atoms with Crippen molar-refractivity contribution in [3.8, 4) is 5.69 Å². The van der Waals surface area contributed by atoms with Crippen LogP contribution < -0.4 is 0 Å². The Labute approximate surface area is 158 Å². The van der Waals surface area contributed by atoms with Gasteiger partial charge in [0.25, 0.3) is 5.91 Å². The molecule has 138 valence electrons. The van der Waals surface area contributed by atoms with Gasteiger partial charge in [-0.05, 0) is 59.3 Å². The van der Waals surface area contributed by atoms with Crippen LogP contribution >= 0.6 is 0 Å². The molecule has 2 aromatic carbocycles. The summed E-state index contributed by atoms with van der Waals surface area (Å²) in [6, 6.07) is 16.2. The number of amides is 1. The fourth-order valence-electron chi connectivity index (χ4n) is 3.58. The van der Waals surface area contributed by atoms with Crippen molar-refractivity contribution < 1.29 is 4.79 Å². The van der Waals surface area contributed by atoms with Gasteiger partial charge >= 0.3 is 0 Å². The second-order valence-corrected chi connectivity index (χ2v) is 7.03. The number of hydrogen-bond donors (Lipinski definition) is 0. The van der Waals surface area contributed by atoms with Crippen LogP contribution in [0.2, 0.25) is 0 Å². The van der Waals surface area contributed by atoms with E-state index < -0.39 is 0 Å². The zero-order valence-electron chi connectivity index (χ0n) is 15.5. The first-order chi connectivity index (χ1) is 13.1. The minimum Gasteiger partial charge on any atom is -0.340 e. The number of hydrogen-bond acceptors (Lipinski definition) is 5. The molecule has 0 saturated heterocycles. The van der Waals surface area contributed by atoms with E-state index in [0.717, 1.165) is 18.7 Å². The third-order valence-electron chi connectivity index (χ3n) is 5.18. The van der Waals surface area contributed by atoms with Crippen LogP contribution in [0.15, 0.2) is 54.9 Å². The number of likely N-dealkylation sites (N-methyl/N-ethyl adjacent to an activating group) is 2. The van der Waals surface area contributed by atoms with Crippen LogP contribution in [0.1, 0.15) is 21.5 Å². The summed E-state index contributed by atoms with van der Waals surface area (Å²) in [6.07, 6.45) is 2.49. The topological polar surface area (TPSA) is 67.2 Å². The number of carbonyl (C=O) groups excluding carboxylic acids is 1. The summed E-state index contributed by atoms with van der Waals surface area (Å²) in [4.78, 5) is 17.0. The molecule has 0 bridgehead atoms. The maximum absolute atomic E-state index is 12.8. The van der Waals surface area contributed by atoms with Gasteiger partial charge in [0.05, 0.1) is 5.69 Å². The number of carbonyl (C=O) groups is 1. The molecule has 0 saturated carbocycles. The van der Waals surface area contributed by atoms with Crippen molar-refractivity contribution in [3.63, 3.8) is 0 Å². The molecule has 1 atom stereocenters. The van der Waals surface area contributed by atoms with Gasteiger partial charge in [0.2, 0.25) is 0 Å². The molecule has 3 aromatic rings. The minimum atomic E-state index is 0.0190. The Morgan fingerprint density at radius 3 is 2.59 bits per heavy atom. The van der Waals surface area contributed by atoms with Crippen molar-refractivity contribution >= 4 is 5.91 Å². The van der Waals surface area contributed by atoms with Gasteiger partial charge in [-0.15, -0.1) is 5.10 Å². The molecule has 7 nitrogen and oxygen atoms in total. The lowest BCUT2D eigenvalue weighted by molar-refractivity contribution is 0.0733. The summed E-state index contributed by atoms with van der Waals surface area (Å²) in [7, 11) is 3.99. The fourth-order valence-corrected chi connectivity index (χ4v) is 3.58. The van der Waals surface area contributed by atoms with Crippen molar-refractivity contribution in [2.45, 2.75) is 19.0 Å². The first-order valence-electron chi connectivity index (χ1n) is 8.98. The zero-order valence-corrected chi connectivity index (χ0v) is 15.5. The van der Waals surface area contributed by atoms with Crippen LogP contribution in [-0.2, 0) is 13.0 Å². The summed E-state index contributed by atoms with van der Waals surface area (Å²) in [6.45, 7) is 1.61. The van der Waals surface area contributed by atoms with Gasteiger partial charge in [0.15, 0.2) is 0 Å². The predicted octanol–water partition coefficient (Wildman–Crippen LogP) is 1.79. The Bertz CT molecular complexity index is 922. The van der Waals surface area contributed by atoms with Gasteiger partial charge in [0.1, 0.15) is 6.33 Å². The van der Waals surface area contributed by atoms with Gasteiger partial charge in [-0.3, -0.25) is 9.69 Å². The van der Waals surface area contributed by atoms with E-state index in [9.17, 15) is 4.79 Å². The van der Waals surface area contributed by atoms with Gasteiger partial charge in [-0.25, -0.2) is 4.68 Å². The van der Waals surface area contributed by atoms with Crippen molar-refractivity contribution in [2.75, 3.05) is 20.6 Å². The Morgan fingerprint density at radius 2 is 1.89 bits per heavy atom. The van der Waals surface area contributed by atoms with Crippen LogP contribution in [0.4, 0.5) is 0 Å². The quantitative estimate of drug-likeness (QED) is 0.708. The van der Waals surface area contributed by atoms with Crippen molar-refractivity contribution in [3.05, 3.63) is 71.5 Å². The Hall–Kier alpha value is -3.06. The Balaban J connectivity index is 1.43. The first-order valence-corrected chi connectivity index (χ1v) is 8.98. The summed E-state index contributed by atoms with van der Waals surface area (Å²) in [5.41, 5.74) is 4.24. The van der Waals surface area contributed by atoms with E-state index in [0.29, 0.717) is 18.2 Å². The molecule has 7 heteroatoms. The number of aromatic nitrogens is 4. The van der Waals surface area contributed by atoms with Crippen molar-refractivity contribution in [1.29, 1.82) is 0 Å². The highest BCUT2D eigenvalue weighted by atomic mass is 16.2. The average molecular weight is 362 g/mol. The van der Waals surface area contributed by atoms with Crippen LogP contribution in [0.3, 0.4) is 0 Å². The molecule has 1 aliphatic heterocycles. The highest BCUT2D eigenvalue weighted by molar-refractivity contribution is 5.94. The molecule has 0 spiro atoms. The van der Waals surface area contributed by atoms with Gasteiger partial charge < -0.3 is 4.90 Å². The number of benzene rings is 2. The van der Waals surface area contributed by atoms with E-state index in [1.54, 1.807) is 9.58 Å². The smallest absolute Gasteiger partial charge is 0.253 e. The molecule has 1 amide bonds. The standard InChI is InChI=1S/C20H22N6O/c1-24-12-17-6-4-3-5-16(17)11-19(24)13-25(2)20(27)15-7-9-18(10-8-15)26-14-21-22-23-26/h3-10,14,19H,11-13H2,1-2H3. The summed E-state index contributed by atoms with van der Waals surface area (Å²) < 4.78 is 1.56. The maximum Gasteiger partial charge on any atom is 0.253 e. The van der Waals surface area contributed by atoms with E-state index in [4.69, 9.17) is 0 Å².